The molecule has 1 atom stereocenters. The molecule has 3 rings (SSSR count). The quantitative estimate of drug-likeness (QED) is 0.888. The average Bonchev–Trinajstić information content (AvgIpc) is 2.91. The molecule has 0 radical (unpaired) electrons. The monoisotopic (exact) mass is 350 g/mol. The number of rotatable bonds is 4. The second-order valence-corrected chi connectivity index (χ2v) is 6.92. The minimum Gasteiger partial charge on any atom is -0.288 e. The van der Waals surface area contributed by atoms with Crippen LogP contribution in [0.3, 0.4) is 0 Å². The zero-order valence-electron chi connectivity index (χ0n) is 14.2. The van der Waals surface area contributed by atoms with Gasteiger partial charge in [0, 0.05) is 13.0 Å². The number of hydrazine groups is 1. The van der Waals surface area contributed by atoms with Crippen LogP contribution in [0.4, 0.5) is 13.2 Å². The Morgan fingerprint density at radius 1 is 1.20 bits per heavy atom. The van der Waals surface area contributed by atoms with E-state index in [4.69, 9.17) is 0 Å². The van der Waals surface area contributed by atoms with Gasteiger partial charge in [-0.2, -0.15) is 13.2 Å². The van der Waals surface area contributed by atoms with E-state index in [1.807, 2.05) is 18.2 Å². The Hall–Kier alpha value is -2.08. The molecule has 1 aliphatic heterocycles. The molecule has 134 valence electrons. The maximum Gasteiger partial charge on any atom is 0.409 e. The highest BCUT2D eigenvalue weighted by molar-refractivity contribution is 5.86. The van der Waals surface area contributed by atoms with E-state index < -0.39 is 12.2 Å². The van der Waals surface area contributed by atoms with Gasteiger partial charge in [0.05, 0.1) is 0 Å². The van der Waals surface area contributed by atoms with Crippen molar-refractivity contribution in [2.45, 2.75) is 38.9 Å². The SMILES string of the molecule is CC(C)Cc1cccc2cc([C@H](N3CCC(=O)N3)C(F)(F)F)ccc12. The smallest absolute Gasteiger partial charge is 0.288 e. The summed E-state index contributed by atoms with van der Waals surface area (Å²) in [5, 5.41) is 2.75. The minimum absolute atomic E-state index is 0.0500. The lowest BCUT2D eigenvalue weighted by molar-refractivity contribution is -0.191. The normalized spacial score (nSPS) is 17.3. The fourth-order valence-electron chi connectivity index (χ4n) is 3.39. The third kappa shape index (κ3) is 3.79. The van der Waals surface area contributed by atoms with Gasteiger partial charge in [-0.05, 0) is 40.3 Å². The number of amides is 1. The van der Waals surface area contributed by atoms with Crippen molar-refractivity contribution < 1.29 is 18.0 Å². The summed E-state index contributed by atoms with van der Waals surface area (Å²) in [4.78, 5) is 11.4. The maximum absolute atomic E-state index is 13.6. The number of carbonyl (C=O) groups is 1. The van der Waals surface area contributed by atoms with Gasteiger partial charge in [0.15, 0.2) is 0 Å². The molecule has 1 saturated heterocycles. The molecule has 0 aliphatic carbocycles. The van der Waals surface area contributed by atoms with Gasteiger partial charge < -0.3 is 0 Å². The van der Waals surface area contributed by atoms with Crippen LogP contribution in [0.15, 0.2) is 36.4 Å². The zero-order chi connectivity index (χ0) is 18.2. The van der Waals surface area contributed by atoms with Crippen LogP contribution in [0.25, 0.3) is 10.8 Å². The zero-order valence-corrected chi connectivity index (χ0v) is 14.2. The van der Waals surface area contributed by atoms with Crippen LogP contribution in [0.5, 0.6) is 0 Å². The predicted molar refractivity (Wildman–Crippen MR) is 90.8 cm³/mol. The van der Waals surface area contributed by atoms with Crippen LogP contribution in [-0.4, -0.2) is 23.6 Å². The van der Waals surface area contributed by atoms with Crippen LogP contribution in [-0.2, 0) is 11.2 Å². The maximum atomic E-state index is 13.6. The fraction of sp³-hybridized carbons (Fsp3) is 0.421. The van der Waals surface area contributed by atoms with Crippen molar-refractivity contribution in [2.75, 3.05) is 6.54 Å². The van der Waals surface area contributed by atoms with Crippen molar-refractivity contribution >= 4 is 16.7 Å². The van der Waals surface area contributed by atoms with Crippen molar-refractivity contribution in [3.8, 4) is 0 Å². The number of carbonyl (C=O) groups excluding carboxylic acids is 1. The number of nitrogens with one attached hydrogen (secondary N) is 1. The Kier molecular flexibility index (Phi) is 4.73. The first-order chi connectivity index (χ1) is 11.8. The first kappa shape index (κ1) is 17.7. The molecular formula is C19H21F3N2O. The van der Waals surface area contributed by atoms with E-state index in [0.29, 0.717) is 5.92 Å². The highest BCUT2D eigenvalue weighted by Gasteiger charge is 2.46. The average molecular weight is 350 g/mol. The molecule has 2 aromatic carbocycles. The predicted octanol–water partition coefficient (Wildman–Crippen LogP) is 4.38. The summed E-state index contributed by atoms with van der Waals surface area (Å²) in [6.07, 6.45) is -3.51. The molecule has 25 heavy (non-hydrogen) atoms. The van der Waals surface area contributed by atoms with Crippen LogP contribution in [0.2, 0.25) is 0 Å². The number of fused-ring (bicyclic) bond motifs is 1. The van der Waals surface area contributed by atoms with E-state index in [1.54, 1.807) is 12.1 Å². The van der Waals surface area contributed by atoms with Crippen molar-refractivity contribution in [1.82, 2.24) is 10.4 Å². The van der Waals surface area contributed by atoms with E-state index in [1.165, 1.54) is 6.07 Å². The Labute approximate surface area is 144 Å². The lowest BCUT2D eigenvalue weighted by atomic mass is 9.94. The lowest BCUT2D eigenvalue weighted by Crippen LogP contribution is -2.43. The number of halogens is 3. The van der Waals surface area contributed by atoms with Crippen LogP contribution in [0, 0.1) is 5.92 Å². The summed E-state index contributed by atoms with van der Waals surface area (Å²) in [7, 11) is 0. The van der Waals surface area contributed by atoms with E-state index >= 15 is 0 Å². The highest BCUT2D eigenvalue weighted by Crippen LogP contribution is 2.39. The minimum atomic E-state index is -4.47. The van der Waals surface area contributed by atoms with Crippen molar-refractivity contribution in [3.05, 3.63) is 47.5 Å². The van der Waals surface area contributed by atoms with E-state index in [0.717, 1.165) is 27.8 Å². The molecule has 1 fully saturated rings. The van der Waals surface area contributed by atoms with E-state index in [9.17, 15) is 18.0 Å². The third-order valence-electron chi connectivity index (χ3n) is 4.41. The standard InChI is InChI=1S/C19H21F3N2O/c1-12(2)10-13-4-3-5-14-11-15(6-7-16(13)14)18(19(20,21)22)24-9-8-17(25)23-24/h3-7,11-12,18H,8-10H2,1-2H3,(H,23,25)/t18-/m0/s1. The van der Waals surface area contributed by atoms with E-state index in [2.05, 4.69) is 19.3 Å². The summed E-state index contributed by atoms with van der Waals surface area (Å²) in [6, 6.07) is 8.76. The van der Waals surface area contributed by atoms with E-state index in [-0.39, 0.29) is 24.4 Å². The van der Waals surface area contributed by atoms with Gasteiger partial charge in [-0.1, -0.05) is 44.2 Å². The van der Waals surface area contributed by atoms with Gasteiger partial charge in [-0.3, -0.25) is 10.2 Å². The molecule has 0 bridgehead atoms. The number of hydrogen-bond acceptors (Lipinski definition) is 2. The van der Waals surface area contributed by atoms with Crippen molar-refractivity contribution in [2.24, 2.45) is 5.92 Å². The summed E-state index contributed by atoms with van der Waals surface area (Å²) < 4.78 is 40.9. The first-order valence-corrected chi connectivity index (χ1v) is 8.40. The van der Waals surface area contributed by atoms with Crippen LogP contribution < -0.4 is 5.43 Å². The van der Waals surface area contributed by atoms with Gasteiger partial charge in [0.1, 0.15) is 6.04 Å². The summed E-state index contributed by atoms with van der Waals surface area (Å²) >= 11 is 0. The second-order valence-electron chi connectivity index (χ2n) is 6.92. The summed E-state index contributed by atoms with van der Waals surface area (Å²) in [6.45, 7) is 4.28. The highest BCUT2D eigenvalue weighted by atomic mass is 19.4. The van der Waals surface area contributed by atoms with Crippen molar-refractivity contribution in [1.29, 1.82) is 0 Å². The van der Waals surface area contributed by atoms with Gasteiger partial charge >= 0.3 is 6.18 Å². The third-order valence-corrected chi connectivity index (χ3v) is 4.41. The topological polar surface area (TPSA) is 32.3 Å². The Morgan fingerprint density at radius 2 is 1.96 bits per heavy atom. The molecule has 0 unspecified atom stereocenters. The van der Waals surface area contributed by atoms with Crippen LogP contribution >= 0.6 is 0 Å². The molecule has 0 aromatic heterocycles. The first-order valence-electron chi connectivity index (χ1n) is 8.40. The van der Waals surface area contributed by atoms with Gasteiger partial charge in [0.25, 0.3) is 0 Å². The Morgan fingerprint density at radius 3 is 2.56 bits per heavy atom. The molecule has 1 N–H and O–H groups in total. The number of nitrogens with zero attached hydrogens (tertiary/aromatic N) is 1. The second kappa shape index (κ2) is 6.67. The Balaban J connectivity index is 2.02. The van der Waals surface area contributed by atoms with Crippen molar-refractivity contribution in [3.63, 3.8) is 0 Å². The molecule has 6 heteroatoms. The fourth-order valence-corrected chi connectivity index (χ4v) is 3.39. The largest absolute Gasteiger partial charge is 0.409 e. The molecule has 0 saturated carbocycles. The molecule has 3 nitrogen and oxygen atoms in total. The summed E-state index contributed by atoms with van der Waals surface area (Å²) in [5.41, 5.74) is 3.60. The molecule has 1 amide bonds. The molecule has 1 aliphatic rings. The van der Waals surface area contributed by atoms with Gasteiger partial charge in [-0.15, -0.1) is 0 Å². The Bertz CT molecular complexity index is 786. The van der Waals surface area contributed by atoms with Gasteiger partial charge in [0.2, 0.25) is 5.91 Å². The number of benzene rings is 2. The molecule has 1 heterocycles. The molecule has 2 aromatic rings. The summed E-state index contributed by atoms with van der Waals surface area (Å²) in [5.74, 6) is 0.0854. The number of hydrogen-bond donors (Lipinski definition) is 1. The number of alkyl halides is 3. The molecular weight excluding hydrogens is 329 g/mol. The van der Waals surface area contributed by atoms with Gasteiger partial charge in [-0.25, -0.2) is 5.01 Å². The van der Waals surface area contributed by atoms with Crippen LogP contribution in [0.1, 0.15) is 37.4 Å². The molecule has 0 spiro atoms. The lowest BCUT2D eigenvalue weighted by Gasteiger charge is -2.29.